The van der Waals surface area contributed by atoms with Gasteiger partial charge in [0.05, 0.1) is 0 Å². The molecule has 1 aliphatic rings. The van der Waals surface area contributed by atoms with Crippen LogP contribution in [0.25, 0.3) is 0 Å². The summed E-state index contributed by atoms with van der Waals surface area (Å²) in [4.78, 5) is 1.46. The number of thioether (sulfide) groups is 1. The van der Waals surface area contributed by atoms with Crippen molar-refractivity contribution >= 4 is 11.8 Å². The minimum absolute atomic E-state index is 1.24. The fourth-order valence-electron chi connectivity index (χ4n) is 1.98. The topological polar surface area (TPSA) is 4.93 Å². The number of hydrogen-bond donors (Lipinski definition) is 0. The van der Waals surface area contributed by atoms with Crippen LogP contribution in [0.1, 0.15) is 24.2 Å². The second kappa shape index (κ2) is 3.17. The van der Waals surface area contributed by atoms with Gasteiger partial charge in [0.25, 0.3) is 0 Å². The molecule has 0 amide bonds. The van der Waals surface area contributed by atoms with Crippen molar-refractivity contribution < 1.29 is 0 Å². The van der Waals surface area contributed by atoms with Gasteiger partial charge in [-0.25, -0.2) is 0 Å². The molecule has 12 heavy (non-hydrogen) atoms. The van der Waals surface area contributed by atoms with Crippen LogP contribution in [0.5, 0.6) is 0 Å². The van der Waals surface area contributed by atoms with Crippen LogP contribution in [0.3, 0.4) is 0 Å². The van der Waals surface area contributed by atoms with Gasteiger partial charge in [0.2, 0.25) is 0 Å². The summed E-state index contributed by atoms with van der Waals surface area (Å²) in [6.45, 7) is 3.47. The number of fused-ring (bicyclic) bond motifs is 1. The minimum Gasteiger partial charge on any atom is -0.348 e. The van der Waals surface area contributed by atoms with Crippen molar-refractivity contribution in [1.82, 2.24) is 4.57 Å². The van der Waals surface area contributed by atoms with Gasteiger partial charge in [0.1, 0.15) is 0 Å². The molecule has 0 saturated heterocycles. The molecule has 66 valence electrons. The van der Waals surface area contributed by atoms with Gasteiger partial charge in [-0.05, 0) is 38.5 Å². The van der Waals surface area contributed by atoms with E-state index in [2.05, 4.69) is 23.8 Å². The lowest BCUT2D eigenvalue weighted by Gasteiger charge is -2.16. The van der Waals surface area contributed by atoms with Crippen LogP contribution in [0, 0.1) is 6.92 Å². The summed E-state index contributed by atoms with van der Waals surface area (Å²) < 4.78 is 2.48. The van der Waals surface area contributed by atoms with Crippen LogP contribution < -0.4 is 0 Å². The third-order valence-electron chi connectivity index (χ3n) is 2.69. The van der Waals surface area contributed by atoms with Crippen molar-refractivity contribution in [1.29, 1.82) is 0 Å². The van der Waals surface area contributed by atoms with Crippen LogP contribution in [-0.4, -0.2) is 10.8 Å². The molecule has 0 spiro atoms. The lowest BCUT2D eigenvalue weighted by Crippen LogP contribution is -2.10. The van der Waals surface area contributed by atoms with E-state index in [1.165, 1.54) is 36.4 Å². The summed E-state index contributed by atoms with van der Waals surface area (Å²) in [7, 11) is 0. The molecule has 0 saturated carbocycles. The molecule has 0 N–H and O–H groups in total. The number of nitrogens with zero attached hydrogens (tertiary/aromatic N) is 1. The van der Waals surface area contributed by atoms with Gasteiger partial charge in [-0.1, -0.05) is 0 Å². The average molecular weight is 181 g/mol. The van der Waals surface area contributed by atoms with Gasteiger partial charge in [-0.3, -0.25) is 0 Å². The highest BCUT2D eigenvalue weighted by Gasteiger charge is 2.13. The molecule has 1 aliphatic heterocycles. The molecule has 2 heterocycles. The first kappa shape index (κ1) is 8.24. The van der Waals surface area contributed by atoms with Gasteiger partial charge >= 0.3 is 0 Å². The largest absolute Gasteiger partial charge is 0.348 e. The zero-order chi connectivity index (χ0) is 8.55. The van der Waals surface area contributed by atoms with E-state index in [1.807, 2.05) is 11.8 Å². The van der Waals surface area contributed by atoms with E-state index in [4.69, 9.17) is 0 Å². The zero-order valence-corrected chi connectivity index (χ0v) is 8.58. The highest BCUT2D eigenvalue weighted by Crippen LogP contribution is 2.27. The fraction of sp³-hybridized carbons (Fsp3) is 0.600. The quantitative estimate of drug-likeness (QED) is 0.603. The van der Waals surface area contributed by atoms with Gasteiger partial charge in [0.15, 0.2) is 0 Å². The molecule has 1 nitrogen and oxygen atoms in total. The van der Waals surface area contributed by atoms with E-state index in [9.17, 15) is 0 Å². The van der Waals surface area contributed by atoms with Crippen molar-refractivity contribution in [2.45, 2.75) is 37.6 Å². The Hall–Kier alpha value is -0.370. The number of aryl methyl sites for hydroxylation is 1. The summed E-state index contributed by atoms with van der Waals surface area (Å²) in [5, 5.41) is 0. The normalized spacial score (nSPS) is 16.2. The standard InChI is InChI=1S/C10H15NS/c1-8-10(12-2)7-9-5-3-4-6-11(8)9/h7H,3-6H2,1-2H3. The SMILES string of the molecule is CSc1cc2n(c1C)CCCC2. The average Bonchev–Trinajstić information content (AvgIpc) is 2.44. The third-order valence-corrected chi connectivity index (χ3v) is 3.54. The molecular formula is C10H15NS. The second-order valence-corrected chi connectivity index (χ2v) is 4.25. The molecule has 1 aromatic rings. The Morgan fingerprint density at radius 3 is 2.92 bits per heavy atom. The summed E-state index contributed by atoms with van der Waals surface area (Å²) in [5.41, 5.74) is 3.01. The van der Waals surface area contributed by atoms with Crippen molar-refractivity contribution in [3.05, 3.63) is 17.5 Å². The Balaban J connectivity index is 2.44. The van der Waals surface area contributed by atoms with Crippen LogP contribution >= 0.6 is 11.8 Å². The molecule has 0 bridgehead atoms. The van der Waals surface area contributed by atoms with E-state index < -0.39 is 0 Å². The van der Waals surface area contributed by atoms with E-state index in [-0.39, 0.29) is 0 Å². The first-order valence-corrected chi connectivity index (χ1v) is 5.78. The molecule has 2 heteroatoms. The minimum atomic E-state index is 1.24. The Morgan fingerprint density at radius 2 is 2.25 bits per heavy atom. The van der Waals surface area contributed by atoms with E-state index in [1.54, 1.807) is 5.69 Å². The molecule has 1 aromatic heterocycles. The van der Waals surface area contributed by atoms with E-state index in [0.717, 1.165) is 0 Å². The monoisotopic (exact) mass is 181 g/mol. The maximum atomic E-state index is 2.48. The third kappa shape index (κ3) is 1.18. The molecular weight excluding hydrogens is 166 g/mol. The van der Waals surface area contributed by atoms with Gasteiger partial charge in [0, 0.05) is 22.8 Å². The highest BCUT2D eigenvalue weighted by atomic mass is 32.2. The van der Waals surface area contributed by atoms with Crippen LogP contribution in [0.2, 0.25) is 0 Å². The lowest BCUT2D eigenvalue weighted by molar-refractivity contribution is 0.523. The Labute approximate surface area is 78.2 Å². The van der Waals surface area contributed by atoms with Gasteiger partial charge in [-0.15, -0.1) is 11.8 Å². The maximum absolute atomic E-state index is 2.48. The molecule has 0 fully saturated rings. The summed E-state index contributed by atoms with van der Waals surface area (Å²) in [5.74, 6) is 0. The fourth-order valence-corrected chi connectivity index (χ4v) is 2.64. The predicted octanol–water partition coefficient (Wildman–Crippen LogP) is 2.85. The summed E-state index contributed by atoms with van der Waals surface area (Å²) in [6.07, 6.45) is 6.17. The predicted molar refractivity (Wildman–Crippen MR) is 53.9 cm³/mol. The number of rotatable bonds is 1. The Morgan fingerprint density at radius 1 is 1.42 bits per heavy atom. The highest BCUT2D eigenvalue weighted by molar-refractivity contribution is 7.98. The van der Waals surface area contributed by atoms with Crippen molar-refractivity contribution in [3.8, 4) is 0 Å². The van der Waals surface area contributed by atoms with Gasteiger partial charge < -0.3 is 4.57 Å². The van der Waals surface area contributed by atoms with E-state index >= 15 is 0 Å². The van der Waals surface area contributed by atoms with E-state index in [0.29, 0.717) is 0 Å². The Bertz CT molecular complexity index is 288. The molecule has 0 radical (unpaired) electrons. The second-order valence-electron chi connectivity index (χ2n) is 3.40. The Kier molecular flexibility index (Phi) is 2.18. The van der Waals surface area contributed by atoms with Crippen LogP contribution in [-0.2, 0) is 13.0 Å². The van der Waals surface area contributed by atoms with Gasteiger partial charge in [-0.2, -0.15) is 0 Å². The first-order chi connectivity index (χ1) is 5.83. The number of hydrogen-bond acceptors (Lipinski definition) is 1. The number of aromatic nitrogens is 1. The smallest absolute Gasteiger partial charge is 0.0282 e. The van der Waals surface area contributed by atoms with Crippen molar-refractivity contribution in [3.63, 3.8) is 0 Å². The zero-order valence-electron chi connectivity index (χ0n) is 7.76. The van der Waals surface area contributed by atoms with Crippen LogP contribution in [0.4, 0.5) is 0 Å². The lowest BCUT2D eigenvalue weighted by atomic mass is 10.1. The summed E-state index contributed by atoms with van der Waals surface area (Å²) in [6, 6.07) is 2.36. The summed E-state index contributed by atoms with van der Waals surface area (Å²) >= 11 is 1.87. The molecule has 0 atom stereocenters. The van der Waals surface area contributed by atoms with Crippen molar-refractivity contribution in [2.24, 2.45) is 0 Å². The van der Waals surface area contributed by atoms with Crippen molar-refractivity contribution in [2.75, 3.05) is 6.26 Å². The molecule has 0 aromatic carbocycles. The molecule has 0 unspecified atom stereocenters. The molecule has 0 aliphatic carbocycles. The van der Waals surface area contributed by atoms with Crippen LogP contribution in [0.15, 0.2) is 11.0 Å². The maximum Gasteiger partial charge on any atom is 0.0282 e. The first-order valence-electron chi connectivity index (χ1n) is 4.56. The molecule has 2 rings (SSSR count).